The number of ether oxygens (including phenoxy) is 1. The van der Waals surface area contributed by atoms with Crippen molar-refractivity contribution < 1.29 is 17.9 Å². The predicted octanol–water partition coefficient (Wildman–Crippen LogP) is 4.26. The van der Waals surface area contributed by atoms with E-state index in [1.54, 1.807) is 0 Å². The van der Waals surface area contributed by atoms with E-state index in [9.17, 15) is 13.2 Å². The quantitative estimate of drug-likeness (QED) is 0.446. The molecule has 0 bridgehead atoms. The molecule has 0 fully saturated rings. The number of nitrogens with one attached hydrogen (secondary N) is 1. The van der Waals surface area contributed by atoms with Crippen molar-refractivity contribution in [2.45, 2.75) is 30.7 Å². The summed E-state index contributed by atoms with van der Waals surface area (Å²) in [5.74, 6) is -0.421. The van der Waals surface area contributed by atoms with Crippen LogP contribution in [-0.2, 0) is 21.4 Å². The van der Waals surface area contributed by atoms with E-state index in [0.29, 0.717) is 12.2 Å². The summed E-state index contributed by atoms with van der Waals surface area (Å²) < 4.78 is 32.9. The second kappa shape index (κ2) is 9.49. The van der Waals surface area contributed by atoms with Gasteiger partial charge in [0.2, 0.25) is 10.0 Å². The Morgan fingerprint density at radius 2 is 1.48 bits per heavy atom. The molecule has 0 saturated heterocycles. The maximum atomic E-state index is 12.5. The Bertz CT molecular complexity index is 1030. The van der Waals surface area contributed by atoms with Crippen LogP contribution in [0.25, 0.3) is 0 Å². The van der Waals surface area contributed by atoms with Crippen molar-refractivity contribution in [2.24, 2.45) is 0 Å². The first-order valence-corrected chi connectivity index (χ1v) is 10.9. The molecule has 1 atom stereocenters. The van der Waals surface area contributed by atoms with Crippen LogP contribution >= 0.6 is 0 Å². The van der Waals surface area contributed by atoms with Crippen molar-refractivity contribution in [2.75, 3.05) is 0 Å². The minimum Gasteiger partial charge on any atom is -0.426 e. The van der Waals surface area contributed by atoms with Gasteiger partial charge in [-0.05, 0) is 41.8 Å². The topological polar surface area (TPSA) is 72.5 Å². The lowest BCUT2D eigenvalue weighted by Gasteiger charge is -2.14. The van der Waals surface area contributed by atoms with Gasteiger partial charge in [0, 0.05) is 6.54 Å². The van der Waals surface area contributed by atoms with Gasteiger partial charge in [-0.2, -0.15) is 0 Å². The molecule has 0 amide bonds. The fourth-order valence-corrected chi connectivity index (χ4v) is 3.97. The number of hydrogen-bond acceptors (Lipinski definition) is 4. The third-order valence-corrected chi connectivity index (χ3v) is 5.97. The van der Waals surface area contributed by atoms with E-state index in [0.717, 1.165) is 11.1 Å². The van der Waals surface area contributed by atoms with Crippen LogP contribution in [0.3, 0.4) is 0 Å². The molecule has 0 aliphatic rings. The minimum atomic E-state index is -3.66. The maximum absolute atomic E-state index is 12.5. The molecule has 29 heavy (non-hydrogen) atoms. The zero-order chi connectivity index (χ0) is 20.7. The second-order valence-corrected chi connectivity index (χ2v) is 8.34. The van der Waals surface area contributed by atoms with Gasteiger partial charge in [0.05, 0.1) is 10.8 Å². The number of sulfonamides is 1. The first kappa shape index (κ1) is 20.8. The zero-order valence-corrected chi connectivity index (χ0v) is 16.9. The fraction of sp³-hybridized carbons (Fsp3) is 0.174. The molecular formula is C23H23NO4S. The smallest absolute Gasteiger partial charge is 0.318 e. The monoisotopic (exact) mass is 409 g/mol. The normalized spacial score (nSPS) is 12.3. The summed E-state index contributed by atoms with van der Waals surface area (Å²) in [4.78, 5) is 12.6. The Morgan fingerprint density at radius 1 is 0.897 bits per heavy atom. The van der Waals surface area contributed by atoms with Crippen molar-refractivity contribution >= 4 is 16.0 Å². The molecule has 3 aromatic rings. The lowest BCUT2D eigenvalue weighted by atomic mass is 9.97. The molecule has 150 valence electrons. The van der Waals surface area contributed by atoms with Crippen LogP contribution in [0.5, 0.6) is 5.75 Å². The molecule has 3 aromatic carbocycles. The largest absolute Gasteiger partial charge is 0.426 e. The van der Waals surface area contributed by atoms with Crippen LogP contribution in [0, 0.1) is 0 Å². The highest BCUT2D eigenvalue weighted by Gasteiger charge is 2.21. The molecule has 0 aliphatic heterocycles. The summed E-state index contributed by atoms with van der Waals surface area (Å²) in [6, 6.07) is 24.6. The van der Waals surface area contributed by atoms with E-state index in [1.165, 1.54) is 24.3 Å². The van der Waals surface area contributed by atoms with Gasteiger partial charge in [0.15, 0.2) is 0 Å². The standard InChI is InChI=1S/C23H23NO4S/c1-2-22(19-11-7-4-8-12-19)23(25)28-20-13-15-21(16-14-20)29(26,27)24-17-18-9-5-3-6-10-18/h3-16,22,24H,2,17H2,1H3. The van der Waals surface area contributed by atoms with Gasteiger partial charge < -0.3 is 4.74 Å². The van der Waals surface area contributed by atoms with Crippen LogP contribution in [-0.4, -0.2) is 14.4 Å². The van der Waals surface area contributed by atoms with E-state index < -0.39 is 10.0 Å². The Balaban J connectivity index is 1.65. The Kier molecular flexibility index (Phi) is 6.80. The van der Waals surface area contributed by atoms with Crippen LogP contribution in [0.15, 0.2) is 89.8 Å². The molecule has 3 rings (SSSR count). The van der Waals surface area contributed by atoms with Crippen LogP contribution in [0.4, 0.5) is 0 Å². The summed E-state index contributed by atoms with van der Waals surface area (Å²) in [5.41, 5.74) is 1.76. The molecule has 6 heteroatoms. The number of carbonyl (C=O) groups is 1. The number of hydrogen-bond donors (Lipinski definition) is 1. The van der Waals surface area contributed by atoms with E-state index in [2.05, 4.69) is 4.72 Å². The number of benzene rings is 3. The van der Waals surface area contributed by atoms with Gasteiger partial charge in [-0.15, -0.1) is 0 Å². The molecule has 0 heterocycles. The molecule has 0 aromatic heterocycles. The Labute approximate surface area is 171 Å². The fourth-order valence-electron chi connectivity index (χ4n) is 2.96. The summed E-state index contributed by atoms with van der Waals surface area (Å²) in [6.07, 6.45) is 0.610. The first-order valence-electron chi connectivity index (χ1n) is 9.40. The first-order chi connectivity index (χ1) is 14.0. The highest BCUT2D eigenvalue weighted by molar-refractivity contribution is 7.89. The van der Waals surface area contributed by atoms with Crippen LogP contribution in [0.2, 0.25) is 0 Å². The number of rotatable bonds is 8. The van der Waals surface area contributed by atoms with Crippen molar-refractivity contribution in [1.82, 2.24) is 4.72 Å². The molecule has 1 unspecified atom stereocenters. The van der Waals surface area contributed by atoms with Gasteiger partial charge in [-0.1, -0.05) is 67.6 Å². The van der Waals surface area contributed by atoms with Crippen LogP contribution < -0.4 is 9.46 Å². The molecule has 1 N–H and O–H groups in total. The van der Waals surface area contributed by atoms with Gasteiger partial charge in [-0.25, -0.2) is 13.1 Å². The van der Waals surface area contributed by atoms with Gasteiger partial charge in [0.25, 0.3) is 0 Å². The summed E-state index contributed by atoms with van der Waals surface area (Å²) in [7, 11) is -3.66. The van der Waals surface area contributed by atoms with E-state index >= 15 is 0 Å². The maximum Gasteiger partial charge on any atom is 0.318 e. The average molecular weight is 410 g/mol. The molecule has 0 spiro atoms. The lowest BCUT2D eigenvalue weighted by molar-refractivity contribution is -0.136. The van der Waals surface area contributed by atoms with E-state index in [4.69, 9.17) is 4.74 Å². The van der Waals surface area contributed by atoms with E-state index in [1.807, 2.05) is 67.6 Å². The Morgan fingerprint density at radius 3 is 2.07 bits per heavy atom. The van der Waals surface area contributed by atoms with Gasteiger partial charge in [0.1, 0.15) is 5.75 Å². The summed E-state index contributed by atoms with van der Waals surface area (Å²) >= 11 is 0. The van der Waals surface area contributed by atoms with Crippen molar-refractivity contribution in [3.05, 3.63) is 96.1 Å². The minimum absolute atomic E-state index is 0.114. The predicted molar refractivity (Wildman–Crippen MR) is 112 cm³/mol. The summed E-state index contributed by atoms with van der Waals surface area (Å²) in [6.45, 7) is 2.13. The third-order valence-electron chi connectivity index (χ3n) is 4.56. The van der Waals surface area contributed by atoms with Crippen molar-refractivity contribution in [3.8, 4) is 5.75 Å². The van der Waals surface area contributed by atoms with E-state index in [-0.39, 0.29) is 23.3 Å². The molecule has 0 saturated carbocycles. The SMILES string of the molecule is CCC(C(=O)Oc1ccc(S(=O)(=O)NCc2ccccc2)cc1)c1ccccc1. The number of esters is 1. The average Bonchev–Trinajstić information content (AvgIpc) is 2.75. The second-order valence-electron chi connectivity index (χ2n) is 6.57. The van der Waals surface area contributed by atoms with Crippen molar-refractivity contribution in [3.63, 3.8) is 0 Å². The number of carbonyl (C=O) groups excluding carboxylic acids is 1. The third kappa shape index (κ3) is 5.53. The zero-order valence-electron chi connectivity index (χ0n) is 16.1. The Hall–Kier alpha value is -2.96. The molecule has 0 aliphatic carbocycles. The highest BCUT2D eigenvalue weighted by Crippen LogP contribution is 2.23. The molecular weight excluding hydrogens is 386 g/mol. The highest BCUT2D eigenvalue weighted by atomic mass is 32.2. The van der Waals surface area contributed by atoms with Gasteiger partial charge in [-0.3, -0.25) is 4.79 Å². The molecule has 5 nitrogen and oxygen atoms in total. The molecule has 0 radical (unpaired) electrons. The summed E-state index contributed by atoms with van der Waals surface area (Å²) in [5, 5.41) is 0. The lowest BCUT2D eigenvalue weighted by Crippen LogP contribution is -2.23. The van der Waals surface area contributed by atoms with Crippen molar-refractivity contribution in [1.29, 1.82) is 0 Å². The van der Waals surface area contributed by atoms with Gasteiger partial charge >= 0.3 is 5.97 Å². The van der Waals surface area contributed by atoms with Crippen LogP contribution in [0.1, 0.15) is 30.4 Å².